The van der Waals surface area contributed by atoms with Crippen LogP contribution in [0.4, 0.5) is 13.2 Å². The summed E-state index contributed by atoms with van der Waals surface area (Å²) in [5.74, 6) is 0. The first kappa shape index (κ1) is 10.7. The van der Waals surface area contributed by atoms with Crippen LogP contribution >= 0.6 is 0 Å². The van der Waals surface area contributed by atoms with E-state index in [4.69, 9.17) is 0 Å². The van der Waals surface area contributed by atoms with E-state index >= 15 is 0 Å². The number of hydrogen-bond acceptors (Lipinski definition) is 2. The fourth-order valence-electron chi connectivity index (χ4n) is 1.49. The van der Waals surface area contributed by atoms with Gasteiger partial charge in [-0.15, -0.1) is 0 Å². The van der Waals surface area contributed by atoms with Gasteiger partial charge in [-0.25, -0.2) is 0 Å². The normalized spacial score (nSPS) is 11.8. The van der Waals surface area contributed by atoms with E-state index in [1.165, 1.54) is 31.5 Å². The van der Waals surface area contributed by atoms with Crippen molar-refractivity contribution in [2.24, 2.45) is 0 Å². The summed E-state index contributed by atoms with van der Waals surface area (Å²) >= 11 is 0. The molecule has 16 heavy (non-hydrogen) atoms. The molecule has 0 saturated heterocycles. The number of nitrogens with one attached hydrogen (secondary N) is 1. The van der Waals surface area contributed by atoms with Crippen molar-refractivity contribution in [3.8, 4) is 11.3 Å². The lowest BCUT2D eigenvalue weighted by atomic mass is 10.1. The first-order valence-electron chi connectivity index (χ1n) is 4.52. The van der Waals surface area contributed by atoms with Crippen molar-refractivity contribution < 1.29 is 13.2 Å². The maximum absolute atomic E-state index is 12.8. The van der Waals surface area contributed by atoms with Crippen molar-refractivity contribution in [1.29, 1.82) is 0 Å². The van der Waals surface area contributed by atoms with Crippen LogP contribution in [0.25, 0.3) is 11.3 Å². The summed E-state index contributed by atoms with van der Waals surface area (Å²) in [6.45, 7) is 1.35. The highest BCUT2D eigenvalue weighted by atomic mass is 19.4. The molecule has 0 aliphatic heterocycles. The number of pyridine rings is 1. The molecule has 0 amide bonds. The topological polar surface area (TPSA) is 41.6 Å². The van der Waals surface area contributed by atoms with Crippen LogP contribution in [0.2, 0.25) is 0 Å². The van der Waals surface area contributed by atoms with Gasteiger partial charge in [0.15, 0.2) is 0 Å². The molecule has 2 aromatic heterocycles. The number of rotatable bonds is 1. The third-order valence-electron chi connectivity index (χ3n) is 2.18. The molecule has 2 aromatic rings. The molecule has 84 valence electrons. The van der Waals surface area contributed by atoms with Gasteiger partial charge >= 0.3 is 6.18 Å². The minimum absolute atomic E-state index is 0.0133. The van der Waals surface area contributed by atoms with E-state index in [1.54, 1.807) is 0 Å². The van der Waals surface area contributed by atoms with Crippen LogP contribution in [0, 0.1) is 6.92 Å². The maximum atomic E-state index is 12.8. The highest BCUT2D eigenvalue weighted by Gasteiger charge is 2.37. The van der Waals surface area contributed by atoms with Crippen LogP contribution in [0.5, 0.6) is 0 Å². The molecule has 0 fully saturated rings. The number of hydrogen-bond donors (Lipinski definition) is 1. The molecular weight excluding hydrogens is 219 g/mol. The number of halogens is 3. The van der Waals surface area contributed by atoms with E-state index in [0.717, 1.165) is 0 Å². The molecule has 0 bridgehead atoms. The number of aryl methyl sites for hydroxylation is 1. The van der Waals surface area contributed by atoms with Gasteiger partial charge in [-0.1, -0.05) is 0 Å². The zero-order valence-corrected chi connectivity index (χ0v) is 8.34. The Labute approximate surface area is 89.3 Å². The van der Waals surface area contributed by atoms with Gasteiger partial charge in [0.05, 0.1) is 0 Å². The summed E-state index contributed by atoms with van der Waals surface area (Å²) < 4.78 is 38.3. The monoisotopic (exact) mass is 227 g/mol. The predicted molar refractivity (Wildman–Crippen MR) is 51.6 cm³/mol. The number of nitrogens with zero attached hydrogens (tertiary/aromatic N) is 2. The van der Waals surface area contributed by atoms with Crippen molar-refractivity contribution in [1.82, 2.24) is 15.2 Å². The zero-order valence-electron chi connectivity index (χ0n) is 8.34. The molecule has 1 N–H and O–H groups in total. The second kappa shape index (κ2) is 3.62. The third-order valence-corrected chi connectivity index (χ3v) is 2.18. The smallest absolute Gasteiger partial charge is 0.282 e. The van der Waals surface area contributed by atoms with E-state index < -0.39 is 11.7 Å². The third kappa shape index (κ3) is 1.78. The molecule has 0 aliphatic carbocycles. The van der Waals surface area contributed by atoms with Crippen LogP contribution in [-0.4, -0.2) is 15.2 Å². The summed E-state index contributed by atoms with van der Waals surface area (Å²) in [7, 11) is 0. The van der Waals surface area contributed by atoms with Crippen molar-refractivity contribution in [3.05, 3.63) is 35.8 Å². The van der Waals surface area contributed by atoms with E-state index in [9.17, 15) is 13.2 Å². The van der Waals surface area contributed by atoms with Crippen molar-refractivity contribution in [3.63, 3.8) is 0 Å². The van der Waals surface area contributed by atoms with E-state index in [0.29, 0.717) is 5.56 Å². The number of H-pyrrole nitrogens is 1. The zero-order chi connectivity index (χ0) is 11.8. The summed E-state index contributed by atoms with van der Waals surface area (Å²) in [5.41, 5.74) is -0.405. The van der Waals surface area contributed by atoms with Gasteiger partial charge in [-0.3, -0.25) is 10.1 Å². The molecule has 0 spiro atoms. The second-order valence-electron chi connectivity index (χ2n) is 3.31. The largest absolute Gasteiger partial charge is 0.420 e. The minimum Gasteiger partial charge on any atom is -0.282 e. The van der Waals surface area contributed by atoms with E-state index in [2.05, 4.69) is 15.2 Å². The van der Waals surface area contributed by atoms with E-state index in [1.807, 2.05) is 0 Å². The quantitative estimate of drug-likeness (QED) is 0.813. The number of aromatic amines is 1. The van der Waals surface area contributed by atoms with Crippen molar-refractivity contribution >= 4 is 0 Å². The predicted octanol–water partition coefficient (Wildman–Crippen LogP) is 2.80. The summed E-state index contributed by atoms with van der Waals surface area (Å²) in [6.07, 6.45) is -1.55. The Hall–Kier alpha value is -1.85. The highest BCUT2D eigenvalue weighted by molar-refractivity contribution is 5.64. The lowest BCUT2D eigenvalue weighted by Gasteiger charge is -2.07. The Bertz CT molecular complexity index is 488. The van der Waals surface area contributed by atoms with Crippen molar-refractivity contribution in [2.75, 3.05) is 0 Å². The summed E-state index contributed by atoms with van der Waals surface area (Å²) in [6, 6.07) is 2.98. The van der Waals surface area contributed by atoms with Crippen LogP contribution < -0.4 is 0 Å². The Kier molecular flexibility index (Phi) is 2.41. The first-order valence-corrected chi connectivity index (χ1v) is 4.52. The molecule has 3 nitrogen and oxygen atoms in total. The molecule has 0 saturated carbocycles. The van der Waals surface area contributed by atoms with Crippen LogP contribution in [0.1, 0.15) is 11.3 Å². The van der Waals surface area contributed by atoms with Gasteiger partial charge < -0.3 is 0 Å². The maximum Gasteiger partial charge on any atom is 0.420 e. The van der Waals surface area contributed by atoms with Crippen molar-refractivity contribution in [2.45, 2.75) is 13.1 Å². The first-order chi connectivity index (χ1) is 7.50. The highest BCUT2D eigenvalue weighted by Crippen LogP contribution is 2.37. The molecule has 6 heteroatoms. The summed E-state index contributed by atoms with van der Waals surface area (Å²) in [5, 5.41) is 6.03. The van der Waals surface area contributed by atoms with Crippen LogP contribution in [0.15, 0.2) is 24.5 Å². The second-order valence-corrected chi connectivity index (χ2v) is 3.31. The van der Waals surface area contributed by atoms with Gasteiger partial charge in [0.25, 0.3) is 0 Å². The molecular formula is C10H8F3N3. The molecule has 0 aliphatic rings. The van der Waals surface area contributed by atoms with Gasteiger partial charge in [0.1, 0.15) is 11.3 Å². The summed E-state index contributed by atoms with van der Waals surface area (Å²) in [4.78, 5) is 3.75. The molecule has 2 heterocycles. The molecule has 0 unspecified atom stereocenters. The Morgan fingerprint density at radius 1 is 1.19 bits per heavy atom. The average molecular weight is 227 g/mol. The number of aromatic nitrogens is 3. The van der Waals surface area contributed by atoms with E-state index in [-0.39, 0.29) is 11.4 Å². The lowest BCUT2D eigenvalue weighted by molar-refractivity contribution is -0.137. The minimum atomic E-state index is -4.41. The molecule has 2 rings (SSSR count). The molecule has 0 aromatic carbocycles. The Balaban J connectivity index is 2.60. The van der Waals surface area contributed by atoms with Crippen LogP contribution in [-0.2, 0) is 6.18 Å². The lowest BCUT2D eigenvalue weighted by Crippen LogP contribution is -2.07. The van der Waals surface area contributed by atoms with Crippen LogP contribution in [0.3, 0.4) is 0 Å². The molecule has 0 atom stereocenters. The Morgan fingerprint density at radius 3 is 2.38 bits per heavy atom. The standard InChI is InChI=1S/C10H8F3N3/c1-6-8(10(11,12)13)9(16-15-6)7-2-4-14-5-3-7/h2-5H,1H3,(H,15,16). The fraction of sp³-hybridized carbons (Fsp3) is 0.200. The average Bonchev–Trinajstić information content (AvgIpc) is 2.61. The van der Waals surface area contributed by atoms with Gasteiger partial charge in [0, 0.05) is 23.7 Å². The Morgan fingerprint density at radius 2 is 1.81 bits per heavy atom. The molecule has 0 radical (unpaired) electrons. The number of alkyl halides is 3. The van der Waals surface area contributed by atoms with Gasteiger partial charge in [-0.2, -0.15) is 18.3 Å². The SMILES string of the molecule is Cc1[nH]nc(-c2ccncc2)c1C(F)(F)F. The van der Waals surface area contributed by atoms with Gasteiger partial charge in [-0.05, 0) is 19.1 Å². The fourth-order valence-corrected chi connectivity index (χ4v) is 1.49. The van der Waals surface area contributed by atoms with Gasteiger partial charge in [0.2, 0.25) is 0 Å².